The summed E-state index contributed by atoms with van der Waals surface area (Å²) < 4.78 is 30.0. The van der Waals surface area contributed by atoms with Crippen molar-refractivity contribution >= 4 is 33.1 Å². The second-order valence-electron chi connectivity index (χ2n) is 6.04. The Morgan fingerprint density at radius 1 is 1.12 bits per heavy atom. The van der Waals surface area contributed by atoms with Crippen molar-refractivity contribution in [2.75, 3.05) is 22.5 Å². The van der Waals surface area contributed by atoms with E-state index in [1.807, 2.05) is 24.1 Å². The lowest BCUT2D eigenvalue weighted by molar-refractivity contribution is 0.0735. The average Bonchev–Trinajstić information content (AvgIpc) is 3.02. The molecule has 0 fully saturated rings. The molecule has 26 heavy (non-hydrogen) atoms. The Labute approximate surface area is 152 Å². The van der Waals surface area contributed by atoms with Gasteiger partial charge in [0.25, 0.3) is 0 Å². The number of anilines is 2. The van der Waals surface area contributed by atoms with Gasteiger partial charge in [0, 0.05) is 24.4 Å². The molecule has 0 aromatic heterocycles. The normalized spacial score (nSPS) is 14.1. The number of ether oxygens (including phenoxy) is 1. The predicted molar refractivity (Wildman–Crippen MR) is 101 cm³/mol. The summed E-state index contributed by atoms with van der Waals surface area (Å²) in [4.78, 5) is 12.2. The summed E-state index contributed by atoms with van der Waals surface area (Å²) in [6.45, 7) is 2.83. The van der Waals surface area contributed by atoms with Crippen LogP contribution in [-0.4, -0.2) is 32.9 Å². The molecule has 8 heteroatoms. The number of esters is 1. The first-order valence-corrected chi connectivity index (χ1v) is 9.91. The number of carbonyl (C=O) groups is 1. The molecule has 0 radical (unpaired) electrons. The summed E-state index contributed by atoms with van der Waals surface area (Å²) in [6.07, 6.45) is 2.01. The maximum Gasteiger partial charge on any atom is 0.343 e. The van der Waals surface area contributed by atoms with E-state index in [4.69, 9.17) is 4.74 Å². The van der Waals surface area contributed by atoms with Gasteiger partial charge in [0.1, 0.15) is 5.75 Å². The van der Waals surface area contributed by atoms with Gasteiger partial charge < -0.3 is 4.74 Å². The van der Waals surface area contributed by atoms with Crippen molar-refractivity contribution in [2.45, 2.75) is 13.3 Å². The lowest BCUT2D eigenvalue weighted by Gasteiger charge is -2.13. The van der Waals surface area contributed by atoms with Gasteiger partial charge >= 0.3 is 5.97 Å². The van der Waals surface area contributed by atoms with Crippen LogP contribution in [0.15, 0.2) is 53.6 Å². The number of nitrogens with zero attached hydrogens (tertiary/aromatic N) is 2. The van der Waals surface area contributed by atoms with Gasteiger partial charge in [0.05, 0.1) is 17.5 Å². The molecule has 1 heterocycles. The zero-order chi connectivity index (χ0) is 18.7. The minimum Gasteiger partial charge on any atom is -0.423 e. The van der Waals surface area contributed by atoms with E-state index in [-0.39, 0.29) is 0 Å². The summed E-state index contributed by atoms with van der Waals surface area (Å²) in [7, 11) is -3.34. The maximum atomic E-state index is 12.2. The van der Waals surface area contributed by atoms with E-state index in [1.165, 1.54) is 24.3 Å². The Hall–Kier alpha value is -2.87. The number of rotatable bonds is 5. The van der Waals surface area contributed by atoms with Crippen LogP contribution in [0.25, 0.3) is 0 Å². The summed E-state index contributed by atoms with van der Waals surface area (Å²) >= 11 is 0. The van der Waals surface area contributed by atoms with Crippen LogP contribution in [0.4, 0.5) is 11.4 Å². The summed E-state index contributed by atoms with van der Waals surface area (Å²) in [5.41, 5.74) is 2.84. The standard InChI is InChI=1S/C18H19N3O4S/c1-13-11-12-21(19-13)16-7-3-14(4-8-16)18(22)25-17-9-5-15(6-10-17)20-26(2,23)24/h3-10,20H,11-12H2,1-2H3. The van der Waals surface area contributed by atoms with Gasteiger partial charge in [-0.3, -0.25) is 9.73 Å². The quantitative estimate of drug-likeness (QED) is 0.643. The van der Waals surface area contributed by atoms with Crippen LogP contribution >= 0.6 is 0 Å². The van der Waals surface area contributed by atoms with Crippen LogP contribution < -0.4 is 14.5 Å². The number of hydrogen-bond acceptors (Lipinski definition) is 6. The van der Waals surface area contributed by atoms with Crippen LogP contribution in [0.1, 0.15) is 23.7 Å². The van der Waals surface area contributed by atoms with Crippen molar-refractivity contribution in [1.29, 1.82) is 0 Å². The molecule has 2 aromatic carbocycles. The number of nitrogens with one attached hydrogen (secondary N) is 1. The van der Waals surface area contributed by atoms with Crippen LogP contribution in [0, 0.1) is 0 Å². The van der Waals surface area contributed by atoms with E-state index in [0.29, 0.717) is 17.0 Å². The van der Waals surface area contributed by atoms with Gasteiger partial charge in [0.15, 0.2) is 0 Å². The summed E-state index contributed by atoms with van der Waals surface area (Å²) in [6, 6.07) is 13.2. The molecule has 0 atom stereocenters. The number of benzene rings is 2. The highest BCUT2D eigenvalue weighted by atomic mass is 32.2. The van der Waals surface area contributed by atoms with Gasteiger partial charge in [-0.2, -0.15) is 5.10 Å². The monoisotopic (exact) mass is 373 g/mol. The Kier molecular flexibility index (Phi) is 4.94. The zero-order valence-electron chi connectivity index (χ0n) is 14.5. The van der Waals surface area contributed by atoms with Crippen LogP contribution in [-0.2, 0) is 10.0 Å². The van der Waals surface area contributed by atoms with Crippen molar-refractivity contribution < 1.29 is 17.9 Å². The second kappa shape index (κ2) is 7.17. The summed E-state index contributed by atoms with van der Waals surface area (Å²) in [5, 5.41) is 6.32. The fraction of sp³-hybridized carbons (Fsp3) is 0.222. The van der Waals surface area contributed by atoms with E-state index in [1.54, 1.807) is 12.1 Å². The van der Waals surface area contributed by atoms with Crippen molar-refractivity contribution in [3.8, 4) is 5.75 Å². The molecule has 136 valence electrons. The number of hydrazone groups is 1. The molecule has 1 aliphatic heterocycles. The molecule has 1 N–H and O–H groups in total. The van der Waals surface area contributed by atoms with E-state index < -0.39 is 16.0 Å². The van der Waals surface area contributed by atoms with Gasteiger partial charge in [-0.25, -0.2) is 13.2 Å². The highest BCUT2D eigenvalue weighted by molar-refractivity contribution is 7.92. The fourth-order valence-corrected chi connectivity index (χ4v) is 3.07. The lowest BCUT2D eigenvalue weighted by atomic mass is 10.2. The van der Waals surface area contributed by atoms with Crippen molar-refractivity contribution in [3.63, 3.8) is 0 Å². The SMILES string of the molecule is CC1=NN(c2ccc(C(=O)Oc3ccc(NS(C)(=O)=O)cc3)cc2)CC1. The maximum absolute atomic E-state index is 12.2. The number of sulfonamides is 1. The molecule has 0 unspecified atom stereocenters. The Morgan fingerprint density at radius 3 is 2.31 bits per heavy atom. The van der Waals surface area contributed by atoms with E-state index >= 15 is 0 Å². The minimum absolute atomic E-state index is 0.331. The predicted octanol–water partition coefficient (Wildman–Crippen LogP) is 2.86. The number of carbonyl (C=O) groups excluding carboxylic acids is 1. The Balaban J connectivity index is 1.64. The third-order valence-electron chi connectivity index (χ3n) is 3.75. The highest BCUT2D eigenvalue weighted by Crippen LogP contribution is 2.21. The van der Waals surface area contributed by atoms with Gasteiger partial charge in [-0.1, -0.05) is 0 Å². The molecule has 0 aliphatic carbocycles. The molecular formula is C18H19N3O4S. The first-order valence-electron chi connectivity index (χ1n) is 8.02. The van der Waals surface area contributed by atoms with Gasteiger partial charge in [-0.05, 0) is 55.5 Å². The molecule has 0 bridgehead atoms. The Bertz CT molecular complexity index is 935. The van der Waals surface area contributed by atoms with Crippen molar-refractivity contribution in [1.82, 2.24) is 0 Å². The van der Waals surface area contributed by atoms with Crippen molar-refractivity contribution in [3.05, 3.63) is 54.1 Å². The number of hydrogen-bond donors (Lipinski definition) is 1. The van der Waals surface area contributed by atoms with E-state index in [0.717, 1.165) is 30.6 Å². The molecule has 3 rings (SSSR count). The lowest BCUT2D eigenvalue weighted by Crippen LogP contribution is -2.13. The average molecular weight is 373 g/mol. The van der Waals surface area contributed by atoms with Gasteiger partial charge in [-0.15, -0.1) is 0 Å². The smallest absolute Gasteiger partial charge is 0.343 e. The third-order valence-corrected chi connectivity index (χ3v) is 4.35. The largest absolute Gasteiger partial charge is 0.423 e. The second-order valence-corrected chi connectivity index (χ2v) is 7.79. The molecule has 0 saturated carbocycles. The van der Waals surface area contributed by atoms with Crippen LogP contribution in [0.3, 0.4) is 0 Å². The molecule has 0 spiro atoms. The first-order chi connectivity index (χ1) is 12.3. The van der Waals surface area contributed by atoms with Gasteiger partial charge in [0.2, 0.25) is 10.0 Å². The Morgan fingerprint density at radius 2 is 1.77 bits per heavy atom. The highest BCUT2D eigenvalue weighted by Gasteiger charge is 2.14. The van der Waals surface area contributed by atoms with Crippen molar-refractivity contribution in [2.24, 2.45) is 5.10 Å². The molecule has 2 aromatic rings. The van der Waals surface area contributed by atoms with Crippen LogP contribution in [0.2, 0.25) is 0 Å². The van der Waals surface area contributed by atoms with E-state index in [2.05, 4.69) is 9.82 Å². The molecule has 7 nitrogen and oxygen atoms in total. The topological polar surface area (TPSA) is 88.1 Å². The molecule has 0 amide bonds. The minimum atomic E-state index is -3.34. The first kappa shape index (κ1) is 17.9. The zero-order valence-corrected chi connectivity index (χ0v) is 15.3. The fourth-order valence-electron chi connectivity index (χ4n) is 2.50. The molecule has 0 saturated heterocycles. The summed E-state index contributed by atoms with van der Waals surface area (Å²) in [5.74, 6) is -0.153. The van der Waals surface area contributed by atoms with E-state index in [9.17, 15) is 13.2 Å². The molecule has 1 aliphatic rings. The molecular weight excluding hydrogens is 354 g/mol. The third kappa shape index (κ3) is 4.60. The van der Waals surface area contributed by atoms with Crippen LogP contribution in [0.5, 0.6) is 5.75 Å².